The summed E-state index contributed by atoms with van der Waals surface area (Å²) in [6.07, 6.45) is 4.78. The first-order valence-electron chi connectivity index (χ1n) is 23.5. The standard InChI is InChI=1S/C62H42N2O2/c1-2-15-40(16-3-1)63(53-23-11-20-46-42-18-6-8-25-57(42)65-61(46)53)55-35-50(38-27-28-38)44-32-34-49-56(36-51(39-29-30-39)45-31-33-48(55)59(44)60(45)49)64(52-22-10-14-37-13-4-5-17-41(37)52)54-24-12-21-47-43-19-7-9-26-58(43)66-62(47)54/h1-26,31-36,38-39H,27-30H2. The average Bonchev–Trinajstić information content (AvgIpc) is 4.32. The molecule has 2 aliphatic rings. The first kappa shape index (κ1) is 36.3. The minimum atomic E-state index is 0.499. The Morgan fingerprint density at radius 2 is 0.758 bits per heavy atom. The summed E-state index contributed by atoms with van der Waals surface area (Å²) < 4.78 is 13.7. The molecule has 0 unspecified atom stereocenters. The van der Waals surface area contributed by atoms with Gasteiger partial charge in [-0.3, -0.25) is 0 Å². The molecule has 2 aliphatic carbocycles. The molecule has 0 N–H and O–H groups in total. The van der Waals surface area contributed by atoms with Gasteiger partial charge in [0.2, 0.25) is 0 Å². The normalized spacial score (nSPS) is 14.3. The van der Waals surface area contributed by atoms with Crippen LogP contribution in [0, 0.1) is 0 Å². The van der Waals surface area contributed by atoms with Crippen LogP contribution in [0.3, 0.4) is 0 Å². The summed E-state index contributed by atoms with van der Waals surface area (Å²) in [4.78, 5) is 4.99. The van der Waals surface area contributed by atoms with Crippen molar-refractivity contribution in [3.8, 4) is 0 Å². The molecule has 66 heavy (non-hydrogen) atoms. The molecule has 2 heterocycles. The van der Waals surface area contributed by atoms with Crippen molar-refractivity contribution in [1.82, 2.24) is 0 Å². The van der Waals surface area contributed by atoms with Crippen LogP contribution in [0.5, 0.6) is 0 Å². The van der Waals surface area contributed by atoms with Crippen LogP contribution in [0.2, 0.25) is 0 Å². The second-order valence-electron chi connectivity index (χ2n) is 18.6. The van der Waals surface area contributed by atoms with Gasteiger partial charge in [0.05, 0.1) is 28.4 Å². The number of nitrogens with zero attached hydrogens (tertiary/aromatic N) is 2. The lowest BCUT2D eigenvalue weighted by Crippen LogP contribution is -2.13. The molecular weight excluding hydrogens is 805 g/mol. The molecule has 15 rings (SSSR count). The van der Waals surface area contributed by atoms with E-state index in [1.54, 1.807) is 0 Å². The van der Waals surface area contributed by atoms with Crippen LogP contribution in [0.25, 0.3) is 87.0 Å². The molecule has 2 aromatic heterocycles. The smallest absolute Gasteiger partial charge is 0.159 e. The summed E-state index contributed by atoms with van der Waals surface area (Å²) in [5.41, 5.74) is 13.1. The van der Waals surface area contributed by atoms with Gasteiger partial charge in [-0.25, -0.2) is 0 Å². The Hall–Kier alpha value is -8.08. The van der Waals surface area contributed by atoms with Gasteiger partial charge in [-0.05, 0) is 130 Å². The first-order valence-corrected chi connectivity index (χ1v) is 23.5. The fourth-order valence-electron chi connectivity index (χ4n) is 11.4. The lowest BCUT2D eigenvalue weighted by molar-refractivity contribution is 0.669. The van der Waals surface area contributed by atoms with E-state index in [9.17, 15) is 0 Å². The number of fused-ring (bicyclic) bond motifs is 7. The number of benzene rings is 11. The molecule has 13 aromatic rings. The molecule has 0 spiro atoms. The van der Waals surface area contributed by atoms with Crippen molar-refractivity contribution in [3.05, 3.63) is 205 Å². The highest BCUT2D eigenvalue weighted by Crippen LogP contribution is 2.56. The first-order chi connectivity index (χ1) is 32.7. The van der Waals surface area contributed by atoms with Gasteiger partial charge in [0.1, 0.15) is 11.2 Å². The van der Waals surface area contributed by atoms with Crippen molar-refractivity contribution in [2.75, 3.05) is 9.80 Å². The fraction of sp³-hybridized carbons (Fsp3) is 0.0968. The molecule has 0 atom stereocenters. The highest BCUT2D eigenvalue weighted by atomic mass is 16.3. The maximum Gasteiger partial charge on any atom is 0.159 e. The van der Waals surface area contributed by atoms with Gasteiger partial charge in [-0.15, -0.1) is 0 Å². The number of anilines is 6. The van der Waals surface area contributed by atoms with Crippen LogP contribution in [0.15, 0.2) is 203 Å². The molecule has 4 nitrogen and oxygen atoms in total. The van der Waals surface area contributed by atoms with Crippen LogP contribution >= 0.6 is 0 Å². The highest BCUT2D eigenvalue weighted by molar-refractivity contribution is 6.30. The minimum Gasteiger partial charge on any atom is -0.454 e. The summed E-state index contributed by atoms with van der Waals surface area (Å²) in [5, 5.41) is 14.8. The van der Waals surface area contributed by atoms with Crippen LogP contribution in [0.1, 0.15) is 48.6 Å². The zero-order valence-corrected chi connectivity index (χ0v) is 36.2. The molecule has 312 valence electrons. The fourth-order valence-corrected chi connectivity index (χ4v) is 11.4. The summed E-state index contributed by atoms with van der Waals surface area (Å²) >= 11 is 0. The predicted molar refractivity (Wildman–Crippen MR) is 276 cm³/mol. The van der Waals surface area contributed by atoms with Gasteiger partial charge in [-0.1, -0.05) is 140 Å². The summed E-state index contributed by atoms with van der Waals surface area (Å²) in [6.45, 7) is 0. The molecule has 0 bridgehead atoms. The van der Waals surface area contributed by atoms with E-state index < -0.39 is 0 Å². The highest BCUT2D eigenvalue weighted by Gasteiger charge is 2.34. The predicted octanol–water partition coefficient (Wildman–Crippen LogP) is 18.2. The van der Waals surface area contributed by atoms with E-state index in [0.717, 1.165) is 66.6 Å². The molecule has 0 amide bonds. The molecule has 0 aliphatic heterocycles. The Morgan fingerprint density at radius 1 is 0.318 bits per heavy atom. The Kier molecular flexibility index (Phi) is 7.54. The quantitative estimate of drug-likeness (QED) is 0.143. The van der Waals surface area contributed by atoms with Crippen LogP contribution < -0.4 is 9.80 Å². The molecule has 0 saturated heterocycles. The Balaban J connectivity index is 1.07. The average molecular weight is 847 g/mol. The third-order valence-corrected chi connectivity index (χ3v) is 14.7. The third kappa shape index (κ3) is 5.27. The van der Waals surface area contributed by atoms with Crippen molar-refractivity contribution in [3.63, 3.8) is 0 Å². The van der Waals surface area contributed by atoms with Gasteiger partial charge in [0.25, 0.3) is 0 Å². The van der Waals surface area contributed by atoms with Crippen LogP contribution in [0.4, 0.5) is 34.1 Å². The lowest BCUT2D eigenvalue weighted by Gasteiger charge is -2.31. The van der Waals surface area contributed by atoms with E-state index in [0.29, 0.717) is 11.8 Å². The van der Waals surface area contributed by atoms with E-state index in [1.807, 2.05) is 0 Å². The number of hydrogen-bond donors (Lipinski definition) is 0. The number of hydrogen-bond acceptors (Lipinski definition) is 4. The van der Waals surface area contributed by atoms with E-state index in [2.05, 4.69) is 204 Å². The SMILES string of the molecule is c1ccc(N(c2cc(C3CC3)c3ccc4c(N(c5cccc6ccccc56)c5cccc6c5oc5ccccc56)cc(C5CC5)c5ccc2c3c54)c2cccc3c2oc2ccccc23)cc1. The van der Waals surface area contributed by atoms with Crippen molar-refractivity contribution in [2.45, 2.75) is 37.5 Å². The topological polar surface area (TPSA) is 32.8 Å². The number of rotatable bonds is 8. The molecular formula is C62H42N2O2. The van der Waals surface area contributed by atoms with Gasteiger partial charge < -0.3 is 18.6 Å². The van der Waals surface area contributed by atoms with Crippen molar-refractivity contribution >= 4 is 121 Å². The number of furan rings is 2. The maximum atomic E-state index is 6.90. The summed E-state index contributed by atoms with van der Waals surface area (Å²) in [7, 11) is 0. The van der Waals surface area contributed by atoms with Gasteiger partial charge in [0, 0.05) is 43.4 Å². The molecule has 11 aromatic carbocycles. The summed E-state index contributed by atoms with van der Waals surface area (Å²) in [5.74, 6) is 1.01. The van der Waals surface area contributed by atoms with Crippen molar-refractivity contribution in [1.29, 1.82) is 0 Å². The lowest BCUT2D eigenvalue weighted by atomic mass is 9.86. The van der Waals surface area contributed by atoms with Crippen LogP contribution in [-0.4, -0.2) is 0 Å². The zero-order chi connectivity index (χ0) is 43.0. The maximum absolute atomic E-state index is 6.90. The zero-order valence-electron chi connectivity index (χ0n) is 36.2. The molecule has 0 radical (unpaired) electrons. The molecule has 4 heteroatoms. The van der Waals surface area contributed by atoms with Gasteiger partial charge in [-0.2, -0.15) is 0 Å². The van der Waals surface area contributed by atoms with Crippen molar-refractivity contribution in [2.24, 2.45) is 0 Å². The Bertz CT molecular complexity index is 4090. The van der Waals surface area contributed by atoms with Gasteiger partial charge >= 0.3 is 0 Å². The second kappa shape index (κ2) is 13.7. The largest absolute Gasteiger partial charge is 0.454 e. The van der Waals surface area contributed by atoms with E-state index in [4.69, 9.17) is 8.83 Å². The van der Waals surface area contributed by atoms with E-state index in [-0.39, 0.29) is 0 Å². The molecule has 2 fully saturated rings. The monoisotopic (exact) mass is 846 g/mol. The minimum absolute atomic E-state index is 0.499. The van der Waals surface area contributed by atoms with Gasteiger partial charge in [0.15, 0.2) is 11.2 Å². The Morgan fingerprint density at radius 3 is 1.35 bits per heavy atom. The number of para-hydroxylation sites is 5. The Labute approximate surface area is 380 Å². The molecule has 2 saturated carbocycles. The van der Waals surface area contributed by atoms with Crippen LogP contribution in [-0.2, 0) is 0 Å². The van der Waals surface area contributed by atoms with Crippen molar-refractivity contribution < 1.29 is 8.83 Å². The third-order valence-electron chi connectivity index (χ3n) is 14.7. The van der Waals surface area contributed by atoms with E-state index in [1.165, 1.54) is 91.3 Å². The van der Waals surface area contributed by atoms with E-state index >= 15 is 0 Å². The summed E-state index contributed by atoms with van der Waals surface area (Å²) in [6, 6.07) is 71.3. The second-order valence-corrected chi connectivity index (χ2v) is 18.6.